The number of amides is 1. The van der Waals surface area contributed by atoms with Gasteiger partial charge in [-0.2, -0.15) is 0 Å². The van der Waals surface area contributed by atoms with E-state index in [-0.39, 0.29) is 19.1 Å². The van der Waals surface area contributed by atoms with Crippen LogP contribution in [0.15, 0.2) is 12.2 Å². The maximum atomic E-state index is 13.0. The van der Waals surface area contributed by atoms with Gasteiger partial charge in [0.15, 0.2) is 0 Å². The van der Waals surface area contributed by atoms with Crippen molar-refractivity contribution in [2.24, 2.45) is 0 Å². The fraction of sp³-hybridized carbons (Fsp3) is 0.946. The van der Waals surface area contributed by atoms with E-state index in [1.807, 2.05) is 21.1 Å². The van der Waals surface area contributed by atoms with Crippen LogP contribution in [-0.2, 0) is 18.4 Å². The van der Waals surface area contributed by atoms with Gasteiger partial charge in [0, 0.05) is 6.42 Å². The van der Waals surface area contributed by atoms with Crippen molar-refractivity contribution in [2.45, 2.75) is 302 Å². The minimum Gasteiger partial charge on any atom is -0.391 e. The van der Waals surface area contributed by atoms with Crippen molar-refractivity contribution < 1.29 is 32.9 Å². The zero-order chi connectivity index (χ0) is 47.8. The van der Waals surface area contributed by atoms with Crippen LogP contribution in [0.1, 0.15) is 290 Å². The first kappa shape index (κ1) is 64.2. The monoisotopic (exact) mass is 942 g/mol. The molecule has 3 unspecified atom stereocenters. The molecule has 8 nitrogen and oxygen atoms in total. The Hall–Kier alpha value is -0.760. The molecule has 3 N–H and O–H groups in total. The molecule has 0 saturated heterocycles. The van der Waals surface area contributed by atoms with Crippen molar-refractivity contribution >= 4 is 13.7 Å². The van der Waals surface area contributed by atoms with Gasteiger partial charge in [-0.05, 0) is 38.5 Å². The highest BCUT2D eigenvalue weighted by Crippen LogP contribution is 2.43. The summed E-state index contributed by atoms with van der Waals surface area (Å²) in [6.07, 6.45) is 58.4. The molecule has 0 bridgehead atoms. The number of aliphatic hydroxyl groups is 1. The molecule has 0 aromatic rings. The van der Waals surface area contributed by atoms with Crippen LogP contribution >= 0.6 is 7.82 Å². The normalized spacial score (nSPS) is 14.0. The zero-order valence-corrected chi connectivity index (χ0v) is 45.2. The molecule has 0 aromatic heterocycles. The highest BCUT2D eigenvalue weighted by molar-refractivity contribution is 7.47. The Morgan fingerprint density at radius 1 is 0.508 bits per heavy atom. The lowest BCUT2D eigenvalue weighted by Gasteiger charge is -2.26. The molecule has 0 radical (unpaired) electrons. The van der Waals surface area contributed by atoms with E-state index in [0.29, 0.717) is 23.9 Å². The molecule has 1 amide bonds. The number of rotatable bonds is 53. The highest BCUT2D eigenvalue weighted by atomic mass is 31.2. The number of carbonyl (C=O) groups excluding carboxylic acids is 1. The van der Waals surface area contributed by atoms with Crippen LogP contribution in [0.4, 0.5) is 0 Å². The van der Waals surface area contributed by atoms with Crippen LogP contribution in [-0.4, -0.2) is 73.4 Å². The van der Waals surface area contributed by atoms with Gasteiger partial charge in [0.1, 0.15) is 13.2 Å². The van der Waals surface area contributed by atoms with Crippen molar-refractivity contribution in [3.63, 3.8) is 0 Å². The number of carbonyl (C=O) groups is 1. The number of nitrogens with zero attached hydrogens (tertiary/aromatic N) is 1. The Morgan fingerprint density at radius 3 is 1.18 bits per heavy atom. The second-order valence-electron chi connectivity index (χ2n) is 21.0. The summed E-state index contributed by atoms with van der Waals surface area (Å²) in [7, 11) is 1.63. The minimum absolute atomic E-state index is 0.0762. The van der Waals surface area contributed by atoms with E-state index < -0.39 is 20.0 Å². The third-order valence-electron chi connectivity index (χ3n) is 13.3. The Balaban J connectivity index is 4.12. The molecule has 9 heteroatoms. The predicted molar refractivity (Wildman–Crippen MR) is 282 cm³/mol. The third kappa shape index (κ3) is 50.9. The van der Waals surface area contributed by atoms with Gasteiger partial charge in [0.2, 0.25) is 5.91 Å². The summed E-state index contributed by atoms with van der Waals surface area (Å²) in [5.41, 5.74) is 0. The largest absolute Gasteiger partial charge is 0.472 e. The lowest BCUT2D eigenvalue weighted by Crippen LogP contribution is -2.46. The van der Waals surface area contributed by atoms with E-state index in [1.54, 1.807) is 0 Å². The van der Waals surface area contributed by atoms with Gasteiger partial charge in [-0.1, -0.05) is 257 Å². The SMILES string of the molecule is CCCCCCCC/C=C\CCCCCCCCCC(=O)NC(COP(=O)(O)OCC[N+](C)(C)C)C(O)CCCCCCCCCCCCCCCCCCCCCCCCCCCC. The molecule has 0 heterocycles. The van der Waals surface area contributed by atoms with E-state index in [2.05, 4.69) is 31.3 Å². The second kappa shape index (κ2) is 48.3. The molecule has 0 aliphatic rings. The lowest BCUT2D eigenvalue weighted by atomic mass is 10.0. The number of likely N-dealkylation sites (N-methyl/N-ethyl adjacent to an activating group) is 1. The van der Waals surface area contributed by atoms with Crippen molar-refractivity contribution in [1.29, 1.82) is 0 Å². The summed E-state index contributed by atoms with van der Waals surface area (Å²) >= 11 is 0. The number of quaternary nitrogens is 1. The summed E-state index contributed by atoms with van der Waals surface area (Å²) < 4.78 is 23.8. The minimum atomic E-state index is -4.32. The maximum Gasteiger partial charge on any atom is 0.472 e. The molecule has 0 saturated carbocycles. The van der Waals surface area contributed by atoms with Crippen LogP contribution in [0.3, 0.4) is 0 Å². The molecule has 0 fully saturated rings. The number of phosphoric ester groups is 1. The smallest absolute Gasteiger partial charge is 0.391 e. The van der Waals surface area contributed by atoms with Gasteiger partial charge in [-0.15, -0.1) is 0 Å². The quantitative estimate of drug-likeness (QED) is 0.0243. The van der Waals surface area contributed by atoms with Crippen molar-refractivity contribution in [1.82, 2.24) is 5.32 Å². The van der Waals surface area contributed by atoms with Crippen LogP contribution in [0.5, 0.6) is 0 Å². The molecule has 3 atom stereocenters. The lowest BCUT2D eigenvalue weighted by molar-refractivity contribution is -0.870. The van der Waals surface area contributed by atoms with Gasteiger partial charge < -0.3 is 19.8 Å². The number of hydrogen-bond donors (Lipinski definition) is 3. The van der Waals surface area contributed by atoms with Crippen molar-refractivity contribution in [2.75, 3.05) is 40.9 Å². The number of aliphatic hydroxyl groups excluding tert-OH is 1. The van der Waals surface area contributed by atoms with Crippen molar-refractivity contribution in [3.05, 3.63) is 12.2 Å². The van der Waals surface area contributed by atoms with Gasteiger partial charge in [0.05, 0.1) is 39.9 Å². The summed E-state index contributed by atoms with van der Waals surface area (Å²) in [5, 5.41) is 14.1. The molecule has 0 aromatic carbocycles. The Kier molecular flexibility index (Phi) is 47.7. The van der Waals surface area contributed by atoms with Crippen LogP contribution in [0, 0.1) is 0 Å². The topological polar surface area (TPSA) is 105 Å². The third-order valence-corrected chi connectivity index (χ3v) is 14.2. The molecule has 0 aliphatic carbocycles. The van der Waals surface area contributed by atoms with Crippen LogP contribution < -0.4 is 5.32 Å². The molecule has 0 aliphatic heterocycles. The number of nitrogens with one attached hydrogen (secondary N) is 1. The molecule has 388 valence electrons. The Bertz CT molecular complexity index is 1070. The van der Waals surface area contributed by atoms with Gasteiger partial charge in [0.25, 0.3) is 0 Å². The van der Waals surface area contributed by atoms with Gasteiger partial charge in [-0.3, -0.25) is 13.8 Å². The van der Waals surface area contributed by atoms with E-state index in [0.717, 1.165) is 38.5 Å². The summed E-state index contributed by atoms with van der Waals surface area (Å²) in [5.74, 6) is -0.144. The maximum absolute atomic E-state index is 13.0. The van der Waals surface area contributed by atoms with Gasteiger partial charge in [-0.25, -0.2) is 4.57 Å². The van der Waals surface area contributed by atoms with Gasteiger partial charge >= 0.3 is 7.82 Å². The predicted octanol–water partition coefficient (Wildman–Crippen LogP) is 17.0. The number of unbranched alkanes of at least 4 members (excludes halogenated alkanes) is 38. The zero-order valence-electron chi connectivity index (χ0n) is 44.3. The first-order valence-electron chi connectivity index (χ1n) is 28.6. The van der Waals surface area contributed by atoms with Crippen molar-refractivity contribution in [3.8, 4) is 0 Å². The standard InChI is InChI=1S/C56H113N2O6P/c1-6-8-10-12-14-16-18-20-22-24-25-26-27-28-29-30-31-32-34-35-37-39-41-43-45-47-49-55(59)54(53-64-65(61,62)63-52-51-58(3,4)5)57-56(60)50-48-46-44-42-40-38-36-33-23-21-19-17-15-13-11-9-7-2/h21,23,54-55,59H,6-20,22,24-53H2,1-5H3,(H-,57,60,61,62)/p+1/b23-21-. The average Bonchev–Trinajstić information content (AvgIpc) is 3.26. The summed E-state index contributed by atoms with van der Waals surface area (Å²) in [6.45, 7) is 4.92. The Morgan fingerprint density at radius 2 is 0.831 bits per heavy atom. The fourth-order valence-corrected chi connectivity index (χ4v) is 9.49. The first-order valence-corrected chi connectivity index (χ1v) is 30.0. The molecule has 65 heavy (non-hydrogen) atoms. The molecule has 0 spiro atoms. The second-order valence-corrected chi connectivity index (χ2v) is 22.5. The highest BCUT2D eigenvalue weighted by Gasteiger charge is 2.28. The van der Waals surface area contributed by atoms with E-state index in [1.165, 1.54) is 225 Å². The number of hydrogen-bond acceptors (Lipinski definition) is 5. The molecular weight excluding hydrogens is 828 g/mol. The van der Waals surface area contributed by atoms with E-state index in [4.69, 9.17) is 9.05 Å². The van der Waals surface area contributed by atoms with Crippen LogP contribution in [0.2, 0.25) is 0 Å². The average molecular weight is 943 g/mol. The molecule has 0 rings (SSSR count). The number of allylic oxidation sites excluding steroid dienone is 2. The molecular formula is C56H114N2O6P+. The van der Waals surface area contributed by atoms with Crippen LogP contribution in [0.25, 0.3) is 0 Å². The van der Waals surface area contributed by atoms with E-state index in [9.17, 15) is 19.4 Å². The first-order chi connectivity index (χ1) is 31.5. The van der Waals surface area contributed by atoms with E-state index >= 15 is 0 Å². The Labute approximate surface area is 405 Å². The summed E-state index contributed by atoms with van der Waals surface area (Å²) in [4.78, 5) is 23.3. The summed E-state index contributed by atoms with van der Waals surface area (Å²) in [6, 6.07) is -0.760. The number of phosphoric acid groups is 1. The fourth-order valence-electron chi connectivity index (χ4n) is 8.75.